The number of hydrogen-bond donors (Lipinski definition) is 0. The summed E-state index contributed by atoms with van der Waals surface area (Å²) in [4.78, 5) is 4.50. The molecule has 0 spiro atoms. The smallest absolute Gasteiger partial charge is 0.0929 e. The van der Waals surface area contributed by atoms with Gasteiger partial charge in [0.1, 0.15) is 0 Å². The SMILES string of the molecule is CC1(C)C2CCC1(C)C(OCCCc1nc(CCl)cs1)C2. The lowest BCUT2D eigenvalue weighted by molar-refractivity contribution is -0.0470. The summed E-state index contributed by atoms with van der Waals surface area (Å²) < 4.78 is 6.28. The minimum atomic E-state index is 0.380. The Hall–Kier alpha value is -0.120. The van der Waals surface area contributed by atoms with Crippen molar-refractivity contribution in [1.29, 1.82) is 0 Å². The third-order valence-corrected chi connectivity index (χ3v) is 7.54. The standard InChI is InChI=1S/C17H26ClNOS/c1-16(2)12-6-7-17(16,3)14(9-12)20-8-4-5-15-19-13(10-18)11-21-15/h11-12,14H,4-10H2,1-3H3. The molecule has 0 amide bonds. The van der Waals surface area contributed by atoms with E-state index in [1.807, 2.05) is 0 Å². The third-order valence-electron chi connectivity index (χ3n) is 6.30. The van der Waals surface area contributed by atoms with Gasteiger partial charge in [0.2, 0.25) is 0 Å². The van der Waals surface area contributed by atoms with Gasteiger partial charge >= 0.3 is 0 Å². The van der Waals surface area contributed by atoms with Crippen LogP contribution in [0.1, 0.15) is 57.2 Å². The lowest BCUT2D eigenvalue weighted by Gasteiger charge is -2.38. The minimum absolute atomic E-state index is 0.380. The first-order valence-electron chi connectivity index (χ1n) is 8.08. The summed E-state index contributed by atoms with van der Waals surface area (Å²) in [5.41, 5.74) is 1.83. The number of rotatable bonds is 6. The van der Waals surface area contributed by atoms with Crippen LogP contribution in [0.4, 0.5) is 0 Å². The third kappa shape index (κ3) is 2.66. The molecule has 2 aliphatic carbocycles. The van der Waals surface area contributed by atoms with Crippen molar-refractivity contribution in [3.8, 4) is 0 Å². The second-order valence-corrected chi connectivity index (χ2v) is 8.65. The molecular formula is C17H26ClNOS. The van der Waals surface area contributed by atoms with Crippen LogP contribution in [-0.4, -0.2) is 17.7 Å². The van der Waals surface area contributed by atoms with E-state index in [9.17, 15) is 0 Å². The minimum Gasteiger partial charge on any atom is -0.378 e. The molecule has 3 rings (SSSR count). The molecule has 1 aromatic heterocycles. The van der Waals surface area contributed by atoms with E-state index in [1.165, 1.54) is 24.3 Å². The zero-order valence-corrected chi connectivity index (χ0v) is 14.9. The monoisotopic (exact) mass is 327 g/mol. The summed E-state index contributed by atoms with van der Waals surface area (Å²) in [5.74, 6) is 1.38. The highest BCUT2D eigenvalue weighted by Crippen LogP contribution is 2.66. The van der Waals surface area contributed by atoms with Gasteiger partial charge in [-0.2, -0.15) is 0 Å². The second kappa shape index (κ2) is 5.82. The van der Waals surface area contributed by atoms with Crippen LogP contribution in [0.2, 0.25) is 0 Å². The van der Waals surface area contributed by atoms with Crippen LogP contribution in [-0.2, 0) is 17.0 Å². The Labute approximate surface area is 137 Å². The van der Waals surface area contributed by atoms with E-state index in [-0.39, 0.29) is 0 Å². The average molecular weight is 328 g/mol. The summed E-state index contributed by atoms with van der Waals surface area (Å²) >= 11 is 7.50. The summed E-state index contributed by atoms with van der Waals surface area (Å²) in [7, 11) is 0. The van der Waals surface area contributed by atoms with Crippen LogP contribution in [0.25, 0.3) is 0 Å². The first kappa shape index (κ1) is 15.8. The Morgan fingerprint density at radius 2 is 2.24 bits per heavy atom. The second-order valence-electron chi connectivity index (χ2n) is 7.44. The quantitative estimate of drug-likeness (QED) is 0.539. The Morgan fingerprint density at radius 1 is 1.43 bits per heavy atom. The molecule has 21 heavy (non-hydrogen) atoms. The summed E-state index contributed by atoms with van der Waals surface area (Å²) in [6.45, 7) is 8.19. The molecule has 2 bridgehead atoms. The number of alkyl halides is 1. The highest BCUT2D eigenvalue weighted by Gasteiger charge is 2.61. The van der Waals surface area contributed by atoms with Gasteiger partial charge in [-0.3, -0.25) is 0 Å². The molecule has 3 atom stereocenters. The Morgan fingerprint density at radius 3 is 2.81 bits per heavy atom. The number of nitrogens with zero attached hydrogens (tertiary/aromatic N) is 1. The highest BCUT2D eigenvalue weighted by molar-refractivity contribution is 7.09. The molecule has 2 aliphatic rings. The van der Waals surface area contributed by atoms with Gasteiger partial charge in [-0.1, -0.05) is 20.8 Å². The number of halogens is 1. The maximum Gasteiger partial charge on any atom is 0.0929 e. The van der Waals surface area contributed by atoms with E-state index in [0.29, 0.717) is 22.8 Å². The van der Waals surface area contributed by atoms with Crippen molar-refractivity contribution < 1.29 is 4.74 Å². The normalized spacial score (nSPS) is 33.7. The molecule has 4 heteroatoms. The van der Waals surface area contributed by atoms with Crippen molar-refractivity contribution in [3.05, 3.63) is 16.1 Å². The number of aromatic nitrogens is 1. The molecule has 0 radical (unpaired) electrons. The van der Waals surface area contributed by atoms with E-state index in [0.717, 1.165) is 31.1 Å². The van der Waals surface area contributed by atoms with Crippen molar-refractivity contribution >= 4 is 22.9 Å². The van der Waals surface area contributed by atoms with Crippen LogP contribution < -0.4 is 0 Å². The van der Waals surface area contributed by atoms with Crippen molar-refractivity contribution in [1.82, 2.24) is 4.98 Å². The maximum absolute atomic E-state index is 6.28. The molecule has 1 heterocycles. The van der Waals surface area contributed by atoms with Crippen LogP contribution >= 0.6 is 22.9 Å². The fourth-order valence-electron chi connectivity index (χ4n) is 4.36. The van der Waals surface area contributed by atoms with Gasteiger partial charge in [-0.15, -0.1) is 22.9 Å². The summed E-state index contributed by atoms with van der Waals surface area (Å²) in [6.07, 6.45) is 6.52. The largest absolute Gasteiger partial charge is 0.378 e. The molecular weight excluding hydrogens is 302 g/mol. The predicted molar refractivity (Wildman–Crippen MR) is 89.0 cm³/mol. The number of aryl methyl sites for hydroxylation is 1. The summed E-state index contributed by atoms with van der Waals surface area (Å²) in [5, 5.41) is 3.25. The zero-order valence-electron chi connectivity index (χ0n) is 13.3. The van der Waals surface area contributed by atoms with E-state index in [4.69, 9.17) is 16.3 Å². The molecule has 2 nitrogen and oxygen atoms in total. The van der Waals surface area contributed by atoms with Gasteiger partial charge in [-0.05, 0) is 42.4 Å². The first-order valence-corrected chi connectivity index (χ1v) is 9.49. The lowest BCUT2D eigenvalue weighted by Crippen LogP contribution is -2.37. The molecule has 2 fully saturated rings. The van der Waals surface area contributed by atoms with E-state index in [1.54, 1.807) is 11.3 Å². The maximum atomic E-state index is 6.28. The van der Waals surface area contributed by atoms with Crippen molar-refractivity contribution in [2.45, 2.75) is 64.9 Å². The van der Waals surface area contributed by atoms with Gasteiger partial charge in [0, 0.05) is 18.4 Å². The highest BCUT2D eigenvalue weighted by atomic mass is 35.5. The number of fused-ring (bicyclic) bond motifs is 2. The Balaban J connectivity index is 1.46. The van der Waals surface area contributed by atoms with E-state index < -0.39 is 0 Å². The van der Waals surface area contributed by atoms with E-state index >= 15 is 0 Å². The van der Waals surface area contributed by atoms with Crippen LogP contribution in [0, 0.1) is 16.7 Å². The molecule has 118 valence electrons. The fraction of sp³-hybridized carbons (Fsp3) is 0.824. The molecule has 1 aromatic rings. The van der Waals surface area contributed by atoms with Gasteiger partial charge in [-0.25, -0.2) is 4.98 Å². The van der Waals surface area contributed by atoms with Crippen molar-refractivity contribution in [2.75, 3.05) is 6.61 Å². The van der Waals surface area contributed by atoms with Crippen molar-refractivity contribution in [2.24, 2.45) is 16.7 Å². The molecule has 2 saturated carbocycles. The molecule has 0 N–H and O–H groups in total. The van der Waals surface area contributed by atoms with Crippen LogP contribution in [0.3, 0.4) is 0 Å². The zero-order chi connectivity index (χ0) is 15.1. The Bertz CT molecular complexity index is 501. The first-order chi connectivity index (χ1) is 9.97. The number of ether oxygens (including phenoxy) is 1. The lowest BCUT2D eigenvalue weighted by atomic mass is 9.70. The van der Waals surface area contributed by atoms with Gasteiger partial charge in [0.15, 0.2) is 0 Å². The number of thiazole rings is 1. The van der Waals surface area contributed by atoms with E-state index in [2.05, 4.69) is 31.1 Å². The van der Waals surface area contributed by atoms with Gasteiger partial charge in [0.25, 0.3) is 0 Å². The van der Waals surface area contributed by atoms with Gasteiger partial charge < -0.3 is 4.74 Å². The van der Waals surface area contributed by atoms with Gasteiger partial charge in [0.05, 0.1) is 22.7 Å². The molecule has 0 aliphatic heterocycles. The predicted octanol–water partition coefficient (Wildman–Crippen LogP) is 5.05. The topological polar surface area (TPSA) is 22.1 Å². The average Bonchev–Trinajstić information content (AvgIpc) is 3.05. The summed E-state index contributed by atoms with van der Waals surface area (Å²) in [6, 6.07) is 0. The molecule has 0 saturated heterocycles. The molecule has 0 aromatic carbocycles. The van der Waals surface area contributed by atoms with Crippen molar-refractivity contribution in [3.63, 3.8) is 0 Å². The Kier molecular flexibility index (Phi) is 4.37. The number of hydrogen-bond acceptors (Lipinski definition) is 3. The van der Waals surface area contributed by atoms with Crippen LogP contribution in [0.15, 0.2) is 5.38 Å². The van der Waals surface area contributed by atoms with Crippen LogP contribution in [0.5, 0.6) is 0 Å². The molecule has 3 unspecified atom stereocenters. The fourth-order valence-corrected chi connectivity index (χ4v) is 5.43.